The SMILES string of the molecule is C1=Cc2ccccc2ON1.c1ccc(C(c2ccccc2)c2ccccc2)cc1. The van der Waals surface area contributed by atoms with Gasteiger partial charge in [-0.05, 0) is 28.8 Å². The highest BCUT2D eigenvalue weighted by atomic mass is 16.6. The number of para-hydroxylation sites is 1. The first kappa shape index (κ1) is 18.6. The Balaban J connectivity index is 0.000000171. The maximum absolute atomic E-state index is 5.09. The molecule has 0 saturated carbocycles. The zero-order chi connectivity index (χ0) is 19.7. The second-order valence-electron chi connectivity index (χ2n) is 6.76. The predicted octanol–water partition coefficient (Wildman–Crippen LogP) is 6.42. The second kappa shape index (κ2) is 9.43. The predicted molar refractivity (Wildman–Crippen MR) is 120 cm³/mol. The van der Waals surface area contributed by atoms with Gasteiger partial charge in [0.25, 0.3) is 0 Å². The summed E-state index contributed by atoms with van der Waals surface area (Å²) in [5.74, 6) is 1.19. The third-order valence-corrected chi connectivity index (χ3v) is 4.82. The summed E-state index contributed by atoms with van der Waals surface area (Å²) in [7, 11) is 0. The largest absolute Gasteiger partial charge is 0.382 e. The molecular weight excluding hydrogens is 354 g/mol. The monoisotopic (exact) mass is 377 g/mol. The summed E-state index contributed by atoms with van der Waals surface area (Å²) < 4.78 is 0. The van der Waals surface area contributed by atoms with Crippen LogP contribution in [-0.2, 0) is 0 Å². The van der Waals surface area contributed by atoms with Crippen molar-refractivity contribution < 1.29 is 4.84 Å². The Morgan fingerprint density at radius 2 is 0.966 bits per heavy atom. The van der Waals surface area contributed by atoms with E-state index in [2.05, 4.69) is 96.5 Å². The second-order valence-corrected chi connectivity index (χ2v) is 6.76. The van der Waals surface area contributed by atoms with Crippen molar-refractivity contribution in [1.82, 2.24) is 5.48 Å². The van der Waals surface area contributed by atoms with Crippen LogP contribution in [0.1, 0.15) is 28.2 Å². The molecule has 5 rings (SSSR count). The van der Waals surface area contributed by atoms with Crippen molar-refractivity contribution in [1.29, 1.82) is 0 Å². The first-order valence-electron chi connectivity index (χ1n) is 9.74. The maximum atomic E-state index is 5.09. The van der Waals surface area contributed by atoms with Crippen LogP contribution in [0.25, 0.3) is 6.08 Å². The number of benzene rings is 4. The van der Waals surface area contributed by atoms with Gasteiger partial charge < -0.3 is 4.84 Å². The average molecular weight is 377 g/mol. The molecule has 0 aromatic heterocycles. The van der Waals surface area contributed by atoms with Crippen molar-refractivity contribution in [2.24, 2.45) is 0 Å². The number of rotatable bonds is 3. The number of hydrogen-bond acceptors (Lipinski definition) is 2. The van der Waals surface area contributed by atoms with E-state index in [1.54, 1.807) is 6.20 Å². The van der Waals surface area contributed by atoms with E-state index in [9.17, 15) is 0 Å². The highest BCUT2D eigenvalue weighted by Crippen LogP contribution is 2.31. The summed E-state index contributed by atoms with van der Waals surface area (Å²) in [6, 6.07) is 39.9. The minimum atomic E-state index is 0.309. The van der Waals surface area contributed by atoms with Crippen LogP contribution in [0.2, 0.25) is 0 Å². The molecule has 0 radical (unpaired) electrons. The highest BCUT2D eigenvalue weighted by molar-refractivity contribution is 5.58. The third kappa shape index (κ3) is 4.74. The molecule has 1 heterocycles. The van der Waals surface area contributed by atoms with Gasteiger partial charge in [-0.2, -0.15) is 0 Å². The Morgan fingerprint density at radius 3 is 1.45 bits per heavy atom. The molecule has 2 heteroatoms. The lowest BCUT2D eigenvalue weighted by atomic mass is 9.85. The minimum Gasteiger partial charge on any atom is -0.382 e. The number of fused-ring (bicyclic) bond motifs is 1. The van der Waals surface area contributed by atoms with Gasteiger partial charge in [-0.25, -0.2) is 5.48 Å². The fourth-order valence-electron chi connectivity index (χ4n) is 3.45. The van der Waals surface area contributed by atoms with Crippen LogP contribution in [0.4, 0.5) is 0 Å². The molecule has 0 amide bonds. The molecule has 1 aliphatic rings. The van der Waals surface area contributed by atoms with Gasteiger partial charge in [0.1, 0.15) is 0 Å². The molecule has 2 nitrogen and oxygen atoms in total. The standard InChI is InChI=1S/C19H16.C8H7NO/c1-4-10-16(11-5-1)19(17-12-6-2-7-13-17)18-14-8-3-9-15-18;1-2-4-8-7(3-1)5-6-9-10-8/h1-15,19H;1-6,9H. The van der Waals surface area contributed by atoms with Crippen LogP contribution in [-0.4, -0.2) is 0 Å². The van der Waals surface area contributed by atoms with Gasteiger partial charge in [0.2, 0.25) is 0 Å². The number of hydroxylamine groups is 1. The number of nitrogens with one attached hydrogen (secondary N) is 1. The van der Waals surface area contributed by atoms with E-state index in [-0.39, 0.29) is 0 Å². The van der Waals surface area contributed by atoms with Gasteiger partial charge in [0.05, 0.1) is 0 Å². The molecule has 1 aliphatic heterocycles. The Labute approximate surface area is 172 Å². The molecule has 0 unspecified atom stereocenters. The van der Waals surface area contributed by atoms with Crippen LogP contribution < -0.4 is 10.3 Å². The normalized spacial score (nSPS) is 11.5. The van der Waals surface area contributed by atoms with Crippen molar-refractivity contribution in [2.75, 3.05) is 0 Å². The summed E-state index contributed by atoms with van der Waals surface area (Å²) in [6.45, 7) is 0. The zero-order valence-electron chi connectivity index (χ0n) is 16.1. The lowest BCUT2D eigenvalue weighted by molar-refractivity contribution is 0.239. The summed E-state index contributed by atoms with van der Waals surface area (Å²) >= 11 is 0. The Hall–Kier alpha value is -3.78. The fraction of sp³-hybridized carbons (Fsp3) is 0.0370. The molecule has 29 heavy (non-hydrogen) atoms. The summed E-state index contributed by atoms with van der Waals surface area (Å²) in [4.78, 5) is 5.09. The molecule has 142 valence electrons. The summed E-state index contributed by atoms with van der Waals surface area (Å²) in [5.41, 5.74) is 7.77. The molecule has 0 bridgehead atoms. The van der Waals surface area contributed by atoms with E-state index in [0.717, 1.165) is 11.3 Å². The van der Waals surface area contributed by atoms with Crippen molar-refractivity contribution >= 4 is 6.08 Å². The van der Waals surface area contributed by atoms with Gasteiger partial charge in [0.15, 0.2) is 5.75 Å². The first-order chi connectivity index (χ1) is 14.4. The lowest BCUT2D eigenvalue weighted by Crippen LogP contribution is -2.13. The molecule has 0 saturated heterocycles. The van der Waals surface area contributed by atoms with E-state index in [0.29, 0.717) is 5.92 Å². The maximum Gasteiger partial charge on any atom is 0.162 e. The Morgan fingerprint density at radius 1 is 0.517 bits per heavy atom. The van der Waals surface area contributed by atoms with Crippen LogP contribution >= 0.6 is 0 Å². The van der Waals surface area contributed by atoms with Crippen LogP contribution in [0, 0.1) is 0 Å². The summed E-state index contributed by atoms with van der Waals surface area (Å²) in [6.07, 6.45) is 3.74. The van der Waals surface area contributed by atoms with Crippen molar-refractivity contribution in [3.63, 3.8) is 0 Å². The van der Waals surface area contributed by atoms with Crippen LogP contribution in [0.15, 0.2) is 121 Å². The van der Waals surface area contributed by atoms with E-state index in [4.69, 9.17) is 4.84 Å². The third-order valence-electron chi connectivity index (χ3n) is 4.82. The van der Waals surface area contributed by atoms with E-state index >= 15 is 0 Å². The highest BCUT2D eigenvalue weighted by Gasteiger charge is 2.15. The van der Waals surface area contributed by atoms with E-state index in [1.807, 2.05) is 30.3 Å². The van der Waals surface area contributed by atoms with Crippen LogP contribution in [0.5, 0.6) is 5.75 Å². The van der Waals surface area contributed by atoms with Crippen molar-refractivity contribution in [2.45, 2.75) is 5.92 Å². The van der Waals surface area contributed by atoms with Crippen molar-refractivity contribution in [3.05, 3.63) is 144 Å². The van der Waals surface area contributed by atoms with Gasteiger partial charge in [-0.15, -0.1) is 0 Å². The average Bonchev–Trinajstić information content (AvgIpc) is 2.82. The molecule has 4 aromatic carbocycles. The topological polar surface area (TPSA) is 21.3 Å². The quantitative estimate of drug-likeness (QED) is 0.416. The summed E-state index contributed by atoms with van der Waals surface area (Å²) in [5, 5.41) is 0. The van der Waals surface area contributed by atoms with Gasteiger partial charge >= 0.3 is 0 Å². The van der Waals surface area contributed by atoms with Crippen molar-refractivity contribution in [3.8, 4) is 5.75 Å². The van der Waals surface area contributed by atoms with Gasteiger partial charge in [-0.3, -0.25) is 0 Å². The Bertz CT molecular complexity index is 949. The van der Waals surface area contributed by atoms with E-state index in [1.165, 1.54) is 16.7 Å². The Kier molecular flexibility index (Phi) is 6.04. The zero-order valence-corrected chi connectivity index (χ0v) is 16.1. The van der Waals surface area contributed by atoms with Crippen LogP contribution in [0.3, 0.4) is 0 Å². The molecular formula is C27H23NO. The smallest absolute Gasteiger partial charge is 0.162 e. The lowest BCUT2D eigenvalue weighted by Gasteiger charge is -2.18. The molecule has 0 fully saturated rings. The van der Waals surface area contributed by atoms with Gasteiger partial charge in [0, 0.05) is 17.7 Å². The molecule has 1 N–H and O–H groups in total. The molecule has 0 aliphatic carbocycles. The molecule has 4 aromatic rings. The molecule has 0 atom stereocenters. The van der Waals surface area contributed by atoms with E-state index < -0.39 is 0 Å². The minimum absolute atomic E-state index is 0.309. The number of hydrogen-bond donors (Lipinski definition) is 1. The van der Waals surface area contributed by atoms with Gasteiger partial charge in [-0.1, -0.05) is 109 Å². The molecule has 0 spiro atoms. The fourth-order valence-corrected chi connectivity index (χ4v) is 3.45. The first-order valence-corrected chi connectivity index (χ1v) is 9.74.